The van der Waals surface area contributed by atoms with Crippen LogP contribution in [0.5, 0.6) is 0 Å². The lowest BCUT2D eigenvalue weighted by molar-refractivity contribution is -0.131. The summed E-state index contributed by atoms with van der Waals surface area (Å²) < 4.78 is 5.84. The summed E-state index contributed by atoms with van der Waals surface area (Å²) in [7, 11) is 0. The third-order valence-corrected chi connectivity index (χ3v) is 3.14. The first-order valence-corrected chi connectivity index (χ1v) is 5.07. The molecule has 0 saturated carbocycles. The molecule has 5 heteroatoms. The molecular formula is C8H8ClNO2S. The number of amides is 1. The van der Waals surface area contributed by atoms with Crippen LogP contribution >= 0.6 is 22.9 Å². The van der Waals surface area contributed by atoms with Gasteiger partial charge in [0.2, 0.25) is 5.91 Å². The zero-order valence-electron chi connectivity index (χ0n) is 6.75. The van der Waals surface area contributed by atoms with Crippen molar-refractivity contribution in [2.75, 3.05) is 13.2 Å². The Balaban J connectivity index is 2.12. The van der Waals surface area contributed by atoms with Gasteiger partial charge in [-0.1, -0.05) is 11.6 Å². The highest BCUT2D eigenvalue weighted by molar-refractivity contribution is 7.16. The van der Waals surface area contributed by atoms with Crippen molar-refractivity contribution in [1.29, 1.82) is 0 Å². The van der Waals surface area contributed by atoms with Crippen molar-refractivity contribution in [2.45, 2.75) is 6.04 Å². The van der Waals surface area contributed by atoms with Crippen LogP contribution in [0.15, 0.2) is 12.1 Å². The third kappa shape index (κ3) is 2.02. The maximum absolute atomic E-state index is 11.0. The number of hydrogen-bond acceptors (Lipinski definition) is 3. The number of thiophene rings is 1. The Kier molecular flexibility index (Phi) is 2.53. The van der Waals surface area contributed by atoms with Crippen molar-refractivity contribution >= 4 is 28.8 Å². The number of rotatable bonds is 1. The first kappa shape index (κ1) is 8.99. The topological polar surface area (TPSA) is 38.3 Å². The largest absolute Gasteiger partial charge is 0.369 e. The molecule has 1 aliphatic heterocycles. The summed E-state index contributed by atoms with van der Waals surface area (Å²) in [6, 6.07) is 3.70. The predicted molar refractivity (Wildman–Crippen MR) is 51.0 cm³/mol. The number of morpholine rings is 1. The highest BCUT2D eigenvalue weighted by Crippen LogP contribution is 2.27. The summed E-state index contributed by atoms with van der Waals surface area (Å²) in [5, 5.41) is 2.83. The van der Waals surface area contributed by atoms with Crippen molar-refractivity contribution in [2.24, 2.45) is 0 Å². The maximum atomic E-state index is 11.0. The lowest BCUT2D eigenvalue weighted by Crippen LogP contribution is -2.39. The van der Waals surface area contributed by atoms with E-state index >= 15 is 0 Å². The fourth-order valence-corrected chi connectivity index (χ4v) is 2.31. The highest BCUT2D eigenvalue weighted by Gasteiger charge is 2.21. The minimum Gasteiger partial charge on any atom is -0.369 e. The van der Waals surface area contributed by atoms with Gasteiger partial charge in [-0.2, -0.15) is 0 Å². The van der Waals surface area contributed by atoms with E-state index in [9.17, 15) is 4.79 Å². The normalized spacial score (nSPS) is 22.8. The Morgan fingerprint density at radius 3 is 3.08 bits per heavy atom. The lowest BCUT2D eigenvalue weighted by atomic mass is 10.2. The van der Waals surface area contributed by atoms with Gasteiger partial charge in [-0.3, -0.25) is 4.79 Å². The summed E-state index contributed by atoms with van der Waals surface area (Å²) in [6.45, 7) is 0.693. The van der Waals surface area contributed by atoms with Crippen LogP contribution in [-0.4, -0.2) is 19.1 Å². The van der Waals surface area contributed by atoms with Crippen molar-refractivity contribution in [1.82, 2.24) is 5.32 Å². The molecule has 70 valence electrons. The molecule has 3 nitrogen and oxygen atoms in total. The summed E-state index contributed by atoms with van der Waals surface area (Å²) in [5.74, 6) is -0.0687. The molecule has 2 heterocycles. The summed E-state index contributed by atoms with van der Waals surface area (Å²) in [5.41, 5.74) is 0. The first-order chi connectivity index (χ1) is 6.25. The van der Waals surface area contributed by atoms with Crippen molar-refractivity contribution in [3.8, 4) is 0 Å². The van der Waals surface area contributed by atoms with Gasteiger partial charge in [0.05, 0.1) is 17.0 Å². The standard InChI is InChI=1S/C8H8ClNO2S/c9-7-2-1-6(13-7)5-3-12-4-8(11)10-5/h1-2,5H,3-4H2,(H,10,11)/t5-/m0/s1. The number of carbonyl (C=O) groups excluding carboxylic acids is 1. The second-order valence-corrected chi connectivity index (χ2v) is 4.52. The van der Waals surface area contributed by atoms with Crippen LogP contribution in [0.1, 0.15) is 10.9 Å². The molecule has 13 heavy (non-hydrogen) atoms. The second-order valence-electron chi connectivity index (χ2n) is 2.78. The van der Waals surface area contributed by atoms with Gasteiger partial charge in [0.25, 0.3) is 0 Å². The van der Waals surface area contributed by atoms with E-state index in [0.29, 0.717) is 6.61 Å². The van der Waals surface area contributed by atoms with E-state index in [0.717, 1.165) is 9.21 Å². The van der Waals surface area contributed by atoms with Gasteiger partial charge in [0.15, 0.2) is 0 Å². The molecule has 1 saturated heterocycles. The average Bonchev–Trinajstić information content (AvgIpc) is 2.52. The van der Waals surface area contributed by atoms with Crippen molar-refractivity contribution < 1.29 is 9.53 Å². The zero-order valence-corrected chi connectivity index (χ0v) is 8.32. The molecule has 1 aliphatic rings. The van der Waals surface area contributed by atoms with Gasteiger partial charge in [0, 0.05) is 4.88 Å². The van der Waals surface area contributed by atoms with E-state index in [1.54, 1.807) is 0 Å². The van der Waals surface area contributed by atoms with Gasteiger partial charge >= 0.3 is 0 Å². The Hall–Kier alpha value is -0.580. The molecule has 0 radical (unpaired) electrons. The van der Waals surface area contributed by atoms with E-state index in [4.69, 9.17) is 16.3 Å². The van der Waals surface area contributed by atoms with Crippen LogP contribution < -0.4 is 5.32 Å². The molecule has 1 atom stereocenters. The van der Waals surface area contributed by atoms with E-state index in [1.165, 1.54) is 11.3 Å². The van der Waals surface area contributed by atoms with Gasteiger partial charge < -0.3 is 10.1 Å². The fraction of sp³-hybridized carbons (Fsp3) is 0.375. The molecule has 0 aliphatic carbocycles. The van der Waals surface area contributed by atoms with E-state index in [2.05, 4.69) is 5.32 Å². The summed E-state index contributed by atoms with van der Waals surface area (Å²) in [6.07, 6.45) is 0. The van der Waals surface area contributed by atoms with Gasteiger partial charge in [0.1, 0.15) is 6.61 Å². The van der Waals surface area contributed by atoms with Crippen molar-refractivity contribution in [3.63, 3.8) is 0 Å². The molecule has 2 rings (SSSR count). The van der Waals surface area contributed by atoms with Gasteiger partial charge in [-0.15, -0.1) is 11.3 Å². The SMILES string of the molecule is O=C1COC[C@@H](c2ccc(Cl)s2)N1. The van der Waals surface area contributed by atoms with Crippen LogP contribution in [0.2, 0.25) is 4.34 Å². The van der Waals surface area contributed by atoms with Crippen LogP contribution in [0.3, 0.4) is 0 Å². The zero-order chi connectivity index (χ0) is 9.26. The summed E-state index contributed by atoms with van der Waals surface area (Å²) in [4.78, 5) is 12.0. The lowest BCUT2D eigenvalue weighted by Gasteiger charge is -2.22. The Labute approximate surface area is 84.7 Å². The van der Waals surface area contributed by atoms with Crippen LogP contribution in [0.25, 0.3) is 0 Å². The quantitative estimate of drug-likeness (QED) is 0.776. The molecule has 1 aromatic heterocycles. The number of hydrogen-bond donors (Lipinski definition) is 1. The minimum atomic E-state index is -0.0687. The van der Waals surface area contributed by atoms with E-state index < -0.39 is 0 Å². The molecular weight excluding hydrogens is 210 g/mol. The minimum absolute atomic E-state index is 0.0289. The molecule has 0 bridgehead atoms. The van der Waals surface area contributed by atoms with Gasteiger partial charge in [-0.25, -0.2) is 0 Å². The van der Waals surface area contributed by atoms with Gasteiger partial charge in [-0.05, 0) is 12.1 Å². The molecule has 0 unspecified atom stereocenters. The Morgan fingerprint density at radius 2 is 2.46 bits per heavy atom. The predicted octanol–water partition coefficient (Wildman–Crippen LogP) is 1.59. The average molecular weight is 218 g/mol. The number of ether oxygens (including phenoxy) is 1. The van der Waals surface area contributed by atoms with Crippen LogP contribution in [-0.2, 0) is 9.53 Å². The molecule has 1 fully saturated rings. The molecule has 1 N–H and O–H groups in total. The molecule has 1 amide bonds. The number of halogens is 1. The van der Waals surface area contributed by atoms with Crippen molar-refractivity contribution in [3.05, 3.63) is 21.3 Å². The molecule has 0 aromatic carbocycles. The Bertz CT molecular complexity index is 326. The Morgan fingerprint density at radius 1 is 1.62 bits per heavy atom. The smallest absolute Gasteiger partial charge is 0.246 e. The van der Waals surface area contributed by atoms with E-state index in [1.807, 2.05) is 12.1 Å². The highest BCUT2D eigenvalue weighted by atomic mass is 35.5. The molecule has 0 spiro atoms. The van der Waals surface area contributed by atoms with Crippen LogP contribution in [0.4, 0.5) is 0 Å². The summed E-state index contributed by atoms with van der Waals surface area (Å²) >= 11 is 7.25. The second kappa shape index (κ2) is 3.65. The monoisotopic (exact) mass is 217 g/mol. The fourth-order valence-electron chi connectivity index (χ4n) is 1.22. The first-order valence-electron chi connectivity index (χ1n) is 3.88. The third-order valence-electron chi connectivity index (χ3n) is 1.79. The maximum Gasteiger partial charge on any atom is 0.246 e. The number of carbonyl (C=O) groups is 1. The van der Waals surface area contributed by atoms with E-state index in [-0.39, 0.29) is 18.6 Å². The van der Waals surface area contributed by atoms with Crippen LogP contribution in [0, 0.1) is 0 Å². The number of nitrogens with one attached hydrogen (secondary N) is 1. The molecule has 1 aromatic rings.